The Morgan fingerprint density at radius 3 is 0.941 bits per heavy atom. The SMILES string of the molecule is CC(=O)O.CC(=O)O.CC(=O)O.CC(O)CO. The van der Waals surface area contributed by atoms with Gasteiger partial charge in [0.05, 0.1) is 12.7 Å². The van der Waals surface area contributed by atoms with Crippen LogP contribution >= 0.6 is 0 Å². The van der Waals surface area contributed by atoms with Crippen LogP contribution < -0.4 is 0 Å². The van der Waals surface area contributed by atoms with Crippen molar-refractivity contribution in [1.82, 2.24) is 0 Å². The number of aliphatic hydroxyl groups excluding tert-OH is 2. The highest BCUT2D eigenvalue weighted by Gasteiger charge is 1.83. The Hall–Kier alpha value is -1.67. The molecule has 0 spiro atoms. The molecule has 0 radical (unpaired) electrons. The molecule has 0 bridgehead atoms. The largest absolute Gasteiger partial charge is 0.481 e. The van der Waals surface area contributed by atoms with Crippen LogP contribution in [0.5, 0.6) is 0 Å². The van der Waals surface area contributed by atoms with Gasteiger partial charge in [0, 0.05) is 20.8 Å². The van der Waals surface area contributed by atoms with E-state index >= 15 is 0 Å². The van der Waals surface area contributed by atoms with Gasteiger partial charge in [0.2, 0.25) is 0 Å². The third-order valence-electron chi connectivity index (χ3n) is 0.264. The summed E-state index contributed by atoms with van der Waals surface area (Å²) in [4.78, 5) is 27.0. The molecule has 0 heterocycles. The van der Waals surface area contributed by atoms with Crippen LogP contribution in [-0.4, -0.2) is 56.2 Å². The zero-order valence-electron chi connectivity index (χ0n) is 10.2. The first-order chi connectivity index (χ1) is 7.47. The predicted octanol–water partition coefficient (Wildman–Crippen LogP) is -0.368. The summed E-state index contributed by atoms with van der Waals surface area (Å²) in [5.41, 5.74) is 0. The van der Waals surface area contributed by atoms with Crippen LogP contribution in [0.25, 0.3) is 0 Å². The normalized spacial score (nSPS) is 8.82. The summed E-state index contributed by atoms with van der Waals surface area (Å²) in [5.74, 6) is -2.50. The lowest BCUT2D eigenvalue weighted by Crippen LogP contribution is -2.03. The molecule has 0 aromatic rings. The van der Waals surface area contributed by atoms with E-state index in [-0.39, 0.29) is 6.61 Å². The Morgan fingerprint density at radius 2 is 0.941 bits per heavy atom. The monoisotopic (exact) mass is 256 g/mol. The van der Waals surface area contributed by atoms with Gasteiger partial charge in [0.25, 0.3) is 17.9 Å². The highest BCUT2D eigenvalue weighted by Crippen LogP contribution is 1.68. The Kier molecular flexibility index (Phi) is 28.6. The van der Waals surface area contributed by atoms with Crippen molar-refractivity contribution in [3.05, 3.63) is 0 Å². The number of hydrogen-bond donors (Lipinski definition) is 5. The topological polar surface area (TPSA) is 152 Å². The summed E-state index contributed by atoms with van der Waals surface area (Å²) in [6.07, 6.45) is -0.560. The second-order valence-electron chi connectivity index (χ2n) is 2.59. The van der Waals surface area contributed by atoms with Crippen LogP contribution in [0, 0.1) is 0 Å². The molecule has 0 amide bonds. The molecule has 0 aromatic carbocycles. The van der Waals surface area contributed by atoms with Gasteiger partial charge in [-0.25, -0.2) is 0 Å². The van der Waals surface area contributed by atoms with Crippen LogP contribution in [0.3, 0.4) is 0 Å². The molecule has 5 N–H and O–H groups in total. The fourth-order valence-corrected chi connectivity index (χ4v) is 0. The van der Waals surface area contributed by atoms with Crippen LogP contribution in [0.4, 0.5) is 0 Å². The summed E-state index contributed by atoms with van der Waals surface area (Å²) >= 11 is 0. The van der Waals surface area contributed by atoms with Crippen molar-refractivity contribution >= 4 is 17.9 Å². The standard InChI is InChI=1S/C3H8O2.3C2H4O2/c1-3(5)2-4;3*1-2(3)4/h3-5H,2H2,1H3;3*1H3,(H,3,4). The lowest BCUT2D eigenvalue weighted by atomic mass is 10.5. The molecular formula is C9H20O8. The van der Waals surface area contributed by atoms with Gasteiger partial charge < -0.3 is 25.5 Å². The number of carboxylic acid groups (broad SMARTS) is 3. The molecule has 0 rings (SSSR count). The number of rotatable bonds is 1. The minimum Gasteiger partial charge on any atom is -0.481 e. The molecule has 1 unspecified atom stereocenters. The Labute approximate surface area is 99.1 Å². The van der Waals surface area contributed by atoms with Gasteiger partial charge in [-0.1, -0.05) is 0 Å². The molecule has 1 atom stereocenters. The van der Waals surface area contributed by atoms with E-state index in [4.69, 9.17) is 39.9 Å². The van der Waals surface area contributed by atoms with Crippen LogP contribution in [0.15, 0.2) is 0 Å². The molecule has 0 aliphatic rings. The van der Waals surface area contributed by atoms with Crippen LogP contribution in [0.2, 0.25) is 0 Å². The molecule has 8 nitrogen and oxygen atoms in total. The summed E-state index contributed by atoms with van der Waals surface area (Å²) < 4.78 is 0. The number of aliphatic hydroxyl groups is 2. The van der Waals surface area contributed by atoms with E-state index < -0.39 is 24.0 Å². The Bertz CT molecular complexity index is 159. The van der Waals surface area contributed by atoms with Crippen molar-refractivity contribution < 1.29 is 39.9 Å². The van der Waals surface area contributed by atoms with Gasteiger partial charge in [-0.3, -0.25) is 14.4 Å². The second-order valence-corrected chi connectivity index (χ2v) is 2.59. The van der Waals surface area contributed by atoms with Gasteiger partial charge >= 0.3 is 0 Å². The molecule has 0 aliphatic heterocycles. The summed E-state index contributed by atoms with van der Waals surface area (Å²) in [5, 5.41) is 38.3. The van der Waals surface area contributed by atoms with Gasteiger partial charge in [0.15, 0.2) is 0 Å². The molecule has 0 saturated heterocycles. The number of aliphatic carboxylic acids is 3. The molecule has 0 aliphatic carbocycles. The summed E-state index contributed by atoms with van der Waals surface area (Å²) in [6.45, 7) is 4.64. The maximum atomic E-state index is 9.00. The highest BCUT2D eigenvalue weighted by molar-refractivity contribution is 5.63. The second kappa shape index (κ2) is 19.8. The van der Waals surface area contributed by atoms with Gasteiger partial charge in [0.1, 0.15) is 0 Å². The first-order valence-electron chi connectivity index (χ1n) is 4.34. The zero-order valence-corrected chi connectivity index (χ0v) is 10.2. The lowest BCUT2D eigenvalue weighted by Gasteiger charge is -1.90. The van der Waals surface area contributed by atoms with Crippen molar-refractivity contribution in [3.8, 4) is 0 Å². The Morgan fingerprint density at radius 1 is 0.882 bits per heavy atom. The maximum absolute atomic E-state index is 9.00. The molecule has 0 fully saturated rings. The number of hydrogen-bond acceptors (Lipinski definition) is 5. The van der Waals surface area contributed by atoms with Crippen molar-refractivity contribution in [3.63, 3.8) is 0 Å². The average molecular weight is 256 g/mol. The molecule has 0 aromatic heterocycles. The van der Waals surface area contributed by atoms with Crippen molar-refractivity contribution in [1.29, 1.82) is 0 Å². The average Bonchev–Trinajstić information content (AvgIpc) is 2.00. The molecule has 17 heavy (non-hydrogen) atoms. The quantitative estimate of drug-likeness (QED) is 0.426. The predicted molar refractivity (Wildman–Crippen MR) is 58.7 cm³/mol. The van der Waals surface area contributed by atoms with E-state index in [0.717, 1.165) is 20.8 Å². The van der Waals surface area contributed by atoms with Crippen molar-refractivity contribution in [2.75, 3.05) is 6.61 Å². The molecular weight excluding hydrogens is 236 g/mol. The first-order valence-corrected chi connectivity index (χ1v) is 4.34. The van der Waals surface area contributed by atoms with E-state index in [1.165, 1.54) is 6.92 Å². The van der Waals surface area contributed by atoms with E-state index in [0.29, 0.717) is 0 Å². The molecule has 104 valence electrons. The number of carboxylic acids is 3. The van der Waals surface area contributed by atoms with Crippen molar-refractivity contribution in [2.45, 2.75) is 33.8 Å². The van der Waals surface area contributed by atoms with E-state index in [1.54, 1.807) is 0 Å². The van der Waals surface area contributed by atoms with E-state index in [1.807, 2.05) is 0 Å². The molecule has 0 saturated carbocycles. The van der Waals surface area contributed by atoms with Crippen LogP contribution in [0.1, 0.15) is 27.7 Å². The Balaban J connectivity index is -0.0000000667. The van der Waals surface area contributed by atoms with Crippen LogP contribution in [-0.2, 0) is 14.4 Å². The van der Waals surface area contributed by atoms with Gasteiger partial charge in [-0.15, -0.1) is 0 Å². The zero-order chi connectivity index (χ0) is 15.0. The lowest BCUT2D eigenvalue weighted by molar-refractivity contribution is -0.135. The summed E-state index contributed by atoms with van der Waals surface area (Å²) in [7, 11) is 0. The smallest absolute Gasteiger partial charge is 0.300 e. The third kappa shape index (κ3) is 20000. The minimum atomic E-state index is -0.833. The summed E-state index contributed by atoms with van der Waals surface area (Å²) in [6, 6.07) is 0. The highest BCUT2D eigenvalue weighted by atomic mass is 16.4. The molecule has 8 heteroatoms. The van der Waals surface area contributed by atoms with E-state index in [2.05, 4.69) is 0 Å². The minimum absolute atomic E-state index is 0.139. The number of carbonyl (C=O) groups is 3. The third-order valence-corrected chi connectivity index (χ3v) is 0.264. The van der Waals surface area contributed by atoms with Gasteiger partial charge in [-0.2, -0.15) is 0 Å². The fourth-order valence-electron chi connectivity index (χ4n) is 0. The fraction of sp³-hybridized carbons (Fsp3) is 0.667. The van der Waals surface area contributed by atoms with E-state index in [9.17, 15) is 0 Å². The van der Waals surface area contributed by atoms with Gasteiger partial charge in [-0.05, 0) is 6.92 Å². The maximum Gasteiger partial charge on any atom is 0.300 e. The first kappa shape index (κ1) is 24.5. The van der Waals surface area contributed by atoms with Crippen molar-refractivity contribution in [2.24, 2.45) is 0 Å².